The van der Waals surface area contributed by atoms with Crippen LogP contribution in [0.5, 0.6) is 0 Å². The zero-order valence-corrected chi connectivity index (χ0v) is 14.5. The summed E-state index contributed by atoms with van der Waals surface area (Å²) in [4.78, 5) is 19.0. The monoisotopic (exact) mass is 319 g/mol. The van der Waals surface area contributed by atoms with Gasteiger partial charge in [0.1, 0.15) is 0 Å². The van der Waals surface area contributed by atoms with Crippen molar-refractivity contribution in [3.63, 3.8) is 0 Å². The molecule has 1 amide bonds. The van der Waals surface area contributed by atoms with Gasteiger partial charge in [0.2, 0.25) is 5.91 Å². The summed E-state index contributed by atoms with van der Waals surface area (Å²) in [5.41, 5.74) is 2.42. The molecule has 0 aromatic heterocycles. The number of likely N-dealkylation sites (N-methyl/N-ethyl adjacent to an activating group) is 1. The lowest BCUT2D eigenvalue weighted by Crippen LogP contribution is -2.54. The molecule has 2 rings (SSSR count). The molecule has 0 bridgehead atoms. The number of nitrogens with zero attached hydrogens (tertiary/aromatic N) is 3. The molecule has 1 atom stereocenters. The Kier molecular flexibility index (Phi) is 6.57. The Morgan fingerprint density at radius 3 is 2.52 bits per heavy atom. The molecule has 0 radical (unpaired) electrons. The van der Waals surface area contributed by atoms with E-state index >= 15 is 0 Å². The maximum Gasteiger partial charge on any atom is 0.239 e. The number of hydrogen-bond acceptors (Lipinski definition) is 4. The summed E-state index contributed by atoms with van der Waals surface area (Å²) in [5, 5.41) is 9.00. The van der Waals surface area contributed by atoms with Crippen molar-refractivity contribution in [2.24, 2.45) is 0 Å². The maximum absolute atomic E-state index is 12.7. The van der Waals surface area contributed by atoms with E-state index in [-0.39, 0.29) is 18.6 Å². The molecule has 1 aliphatic heterocycles. The Morgan fingerprint density at radius 2 is 1.91 bits per heavy atom. The molecule has 1 aromatic rings. The molecular weight excluding hydrogens is 290 g/mol. The standard InChI is InChI=1S/C18H29N3O2/c1-15-6-4-5-7-17(15)14-19(3)18(23)16(2)21-10-8-20(9-11-21)12-13-22/h4-7,16,22H,8-14H2,1-3H3. The summed E-state index contributed by atoms with van der Waals surface area (Å²) in [7, 11) is 1.88. The number of aryl methyl sites for hydroxylation is 1. The third kappa shape index (κ3) is 4.77. The van der Waals surface area contributed by atoms with Gasteiger partial charge in [0, 0.05) is 46.3 Å². The molecule has 128 valence electrons. The van der Waals surface area contributed by atoms with Crippen molar-refractivity contribution in [1.29, 1.82) is 0 Å². The third-order valence-corrected chi connectivity index (χ3v) is 4.77. The van der Waals surface area contributed by atoms with Gasteiger partial charge < -0.3 is 10.0 Å². The number of carbonyl (C=O) groups excluding carboxylic acids is 1. The Hall–Kier alpha value is -1.43. The molecule has 1 N–H and O–H groups in total. The van der Waals surface area contributed by atoms with Crippen LogP contribution in [-0.4, -0.2) is 78.1 Å². The van der Waals surface area contributed by atoms with Crippen LogP contribution < -0.4 is 0 Å². The Morgan fingerprint density at radius 1 is 1.26 bits per heavy atom. The summed E-state index contributed by atoms with van der Waals surface area (Å²) in [6.45, 7) is 9.25. The summed E-state index contributed by atoms with van der Waals surface area (Å²) >= 11 is 0. The topological polar surface area (TPSA) is 47.0 Å². The van der Waals surface area contributed by atoms with E-state index in [1.807, 2.05) is 31.0 Å². The molecule has 1 aromatic carbocycles. The molecule has 1 fully saturated rings. The number of carbonyl (C=O) groups is 1. The van der Waals surface area contributed by atoms with E-state index < -0.39 is 0 Å². The SMILES string of the molecule is Cc1ccccc1CN(C)C(=O)C(C)N1CCN(CCO)CC1. The molecule has 5 heteroatoms. The number of aliphatic hydroxyl groups excluding tert-OH is 1. The summed E-state index contributed by atoms with van der Waals surface area (Å²) in [6.07, 6.45) is 0. The minimum atomic E-state index is -0.0969. The predicted octanol–water partition coefficient (Wildman–Crippen LogP) is 0.952. The first kappa shape index (κ1) is 17.9. The van der Waals surface area contributed by atoms with Gasteiger partial charge in [-0.05, 0) is 25.0 Å². The Balaban J connectivity index is 1.88. The van der Waals surface area contributed by atoms with Crippen molar-refractivity contribution in [2.75, 3.05) is 46.4 Å². The molecule has 0 saturated carbocycles. The number of hydrogen-bond donors (Lipinski definition) is 1. The molecular formula is C18H29N3O2. The highest BCUT2D eigenvalue weighted by molar-refractivity contribution is 5.81. The number of rotatable bonds is 6. The van der Waals surface area contributed by atoms with Gasteiger partial charge >= 0.3 is 0 Å². The van der Waals surface area contributed by atoms with Crippen molar-refractivity contribution in [2.45, 2.75) is 26.4 Å². The molecule has 1 aliphatic rings. The fraction of sp³-hybridized carbons (Fsp3) is 0.611. The van der Waals surface area contributed by atoms with Crippen LogP contribution in [0.25, 0.3) is 0 Å². The fourth-order valence-corrected chi connectivity index (χ4v) is 3.11. The second-order valence-electron chi connectivity index (χ2n) is 6.40. The normalized spacial score (nSPS) is 17.9. The largest absolute Gasteiger partial charge is 0.395 e. The lowest BCUT2D eigenvalue weighted by atomic mass is 10.1. The Labute approximate surface area is 139 Å². The molecule has 1 heterocycles. The van der Waals surface area contributed by atoms with Gasteiger partial charge in [-0.1, -0.05) is 24.3 Å². The van der Waals surface area contributed by atoms with Crippen LogP contribution >= 0.6 is 0 Å². The average molecular weight is 319 g/mol. The Bertz CT molecular complexity index is 513. The number of β-amino-alcohol motifs (C(OH)–C–C–N with tert-alkyl or cyclic N) is 1. The van der Waals surface area contributed by atoms with Crippen molar-refractivity contribution in [1.82, 2.24) is 14.7 Å². The van der Waals surface area contributed by atoms with E-state index in [1.54, 1.807) is 0 Å². The van der Waals surface area contributed by atoms with Gasteiger partial charge in [-0.2, -0.15) is 0 Å². The minimum absolute atomic E-state index is 0.0969. The van der Waals surface area contributed by atoms with Crippen LogP contribution in [0.15, 0.2) is 24.3 Å². The van der Waals surface area contributed by atoms with Gasteiger partial charge in [0.15, 0.2) is 0 Å². The number of amides is 1. The van der Waals surface area contributed by atoms with E-state index in [2.05, 4.69) is 28.9 Å². The summed E-state index contributed by atoms with van der Waals surface area (Å²) < 4.78 is 0. The lowest BCUT2D eigenvalue weighted by Gasteiger charge is -2.38. The van der Waals surface area contributed by atoms with Gasteiger partial charge in [-0.15, -0.1) is 0 Å². The van der Waals surface area contributed by atoms with Gasteiger partial charge in [-0.25, -0.2) is 0 Å². The van der Waals surface area contributed by atoms with Crippen LogP contribution in [0.4, 0.5) is 0 Å². The molecule has 0 spiro atoms. The van der Waals surface area contributed by atoms with E-state index in [0.29, 0.717) is 6.54 Å². The van der Waals surface area contributed by atoms with Crippen LogP contribution in [0, 0.1) is 6.92 Å². The van der Waals surface area contributed by atoms with Crippen molar-refractivity contribution in [3.05, 3.63) is 35.4 Å². The smallest absolute Gasteiger partial charge is 0.239 e. The first-order chi connectivity index (χ1) is 11.0. The summed E-state index contributed by atoms with van der Waals surface area (Å²) in [5.74, 6) is 0.170. The van der Waals surface area contributed by atoms with Gasteiger partial charge in [-0.3, -0.25) is 14.6 Å². The first-order valence-corrected chi connectivity index (χ1v) is 8.39. The third-order valence-electron chi connectivity index (χ3n) is 4.77. The van der Waals surface area contributed by atoms with Crippen LogP contribution in [0.3, 0.4) is 0 Å². The molecule has 1 unspecified atom stereocenters. The fourth-order valence-electron chi connectivity index (χ4n) is 3.11. The first-order valence-electron chi connectivity index (χ1n) is 8.39. The highest BCUT2D eigenvalue weighted by atomic mass is 16.3. The second-order valence-corrected chi connectivity index (χ2v) is 6.40. The van der Waals surface area contributed by atoms with Crippen LogP contribution in [0.1, 0.15) is 18.1 Å². The van der Waals surface area contributed by atoms with Gasteiger partial charge in [0.25, 0.3) is 0 Å². The average Bonchev–Trinajstić information content (AvgIpc) is 2.56. The molecule has 23 heavy (non-hydrogen) atoms. The zero-order valence-electron chi connectivity index (χ0n) is 14.5. The number of benzene rings is 1. The number of aliphatic hydroxyl groups is 1. The predicted molar refractivity (Wildman–Crippen MR) is 92.2 cm³/mol. The molecule has 0 aliphatic carbocycles. The van der Waals surface area contributed by atoms with E-state index in [4.69, 9.17) is 5.11 Å². The number of piperazine rings is 1. The van der Waals surface area contributed by atoms with Crippen molar-refractivity contribution < 1.29 is 9.90 Å². The van der Waals surface area contributed by atoms with E-state index in [1.165, 1.54) is 11.1 Å². The minimum Gasteiger partial charge on any atom is -0.395 e. The van der Waals surface area contributed by atoms with Crippen LogP contribution in [-0.2, 0) is 11.3 Å². The summed E-state index contributed by atoms with van der Waals surface area (Å²) in [6, 6.07) is 8.11. The molecule has 5 nitrogen and oxygen atoms in total. The highest BCUT2D eigenvalue weighted by Gasteiger charge is 2.27. The van der Waals surface area contributed by atoms with Gasteiger partial charge in [0.05, 0.1) is 12.6 Å². The van der Waals surface area contributed by atoms with Crippen LogP contribution in [0.2, 0.25) is 0 Å². The lowest BCUT2D eigenvalue weighted by molar-refractivity contribution is -0.136. The second kappa shape index (κ2) is 8.43. The molecule has 1 saturated heterocycles. The van der Waals surface area contributed by atoms with E-state index in [9.17, 15) is 4.79 Å². The zero-order chi connectivity index (χ0) is 16.8. The quantitative estimate of drug-likeness (QED) is 0.848. The van der Waals surface area contributed by atoms with E-state index in [0.717, 1.165) is 32.7 Å². The highest BCUT2D eigenvalue weighted by Crippen LogP contribution is 2.13. The van der Waals surface area contributed by atoms with Crippen molar-refractivity contribution in [3.8, 4) is 0 Å². The van der Waals surface area contributed by atoms with Crippen molar-refractivity contribution >= 4 is 5.91 Å². The maximum atomic E-state index is 12.7.